The topological polar surface area (TPSA) is 70.2 Å². The molecule has 5 nitrogen and oxygen atoms in total. The van der Waals surface area contributed by atoms with Gasteiger partial charge in [-0.2, -0.15) is 0 Å². The predicted octanol–water partition coefficient (Wildman–Crippen LogP) is 2.86. The maximum atomic E-state index is 13.9. The average Bonchev–Trinajstić information content (AvgIpc) is 2.60. The molecule has 139 valence electrons. The molecule has 2 atom stereocenters. The van der Waals surface area contributed by atoms with E-state index in [0.717, 1.165) is 17.7 Å². The zero-order valence-electron chi connectivity index (χ0n) is 14.3. The summed E-state index contributed by atoms with van der Waals surface area (Å²) in [7, 11) is 0. The molecule has 2 aliphatic rings. The van der Waals surface area contributed by atoms with E-state index in [9.17, 15) is 18.4 Å². The number of halogens is 2. The lowest BCUT2D eigenvalue weighted by Crippen LogP contribution is -2.41. The van der Waals surface area contributed by atoms with E-state index in [-0.39, 0.29) is 14.3 Å². The molecule has 0 aromatic heterocycles. The van der Waals surface area contributed by atoms with Crippen LogP contribution in [0.25, 0.3) is 0 Å². The van der Waals surface area contributed by atoms with E-state index < -0.39 is 29.5 Å². The fraction of sp³-hybridized carbons (Fsp3) is 0.211. The minimum absolute atomic E-state index is 0. The Morgan fingerprint density at radius 3 is 2.77 bits per heavy atom. The van der Waals surface area contributed by atoms with Crippen LogP contribution in [0.2, 0.25) is 0 Å². The summed E-state index contributed by atoms with van der Waals surface area (Å²) in [5.41, 5.74) is 1.25. The number of hydrogen-bond donors (Lipinski definition) is 3. The highest BCUT2D eigenvalue weighted by Gasteiger charge is 2.31. The van der Waals surface area contributed by atoms with Crippen molar-refractivity contribution in [3.8, 4) is 0 Å². The lowest BCUT2D eigenvalue weighted by molar-refractivity contribution is -0.126. The molecule has 2 heterocycles. The van der Waals surface area contributed by atoms with Crippen molar-refractivity contribution in [1.82, 2.24) is 16.0 Å². The number of nitrogens with one attached hydrogen (secondary N) is 3. The Balaban J connectivity index is 0.00000196. The SMILES string of the molecule is C[C@@H](C(=O)N[C@@H](C)c1ccc(F)cc1F)C1=CC2=CNC=C[C]2NC1=O.[HH].[HH]. The van der Waals surface area contributed by atoms with Crippen LogP contribution in [0.15, 0.2) is 53.9 Å². The molecule has 0 saturated heterocycles. The van der Waals surface area contributed by atoms with Gasteiger partial charge in [0.05, 0.1) is 12.0 Å². The largest absolute Gasteiger partial charge is 0.367 e. The van der Waals surface area contributed by atoms with Crippen LogP contribution in [0, 0.1) is 23.6 Å². The van der Waals surface area contributed by atoms with Crippen molar-refractivity contribution in [2.24, 2.45) is 5.92 Å². The summed E-state index contributed by atoms with van der Waals surface area (Å²) in [5, 5.41) is 8.33. The normalized spacial score (nSPS) is 18.7. The van der Waals surface area contributed by atoms with Crippen LogP contribution in [0.1, 0.15) is 28.3 Å². The highest BCUT2D eigenvalue weighted by molar-refractivity contribution is 6.03. The summed E-state index contributed by atoms with van der Waals surface area (Å²) in [6.45, 7) is 3.20. The first kappa shape index (κ1) is 17.8. The van der Waals surface area contributed by atoms with E-state index in [1.165, 1.54) is 6.07 Å². The van der Waals surface area contributed by atoms with Crippen molar-refractivity contribution in [3.63, 3.8) is 0 Å². The number of fused-ring (bicyclic) bond motifs is 1. The van der Waals surface area contributed by atoms with Gasteiger partial charge in [0, 0.05) is 31.8 Å². The maximum absolute atomic E-state index is 13.9. The summed E-state index contributed by atoms with van der Waals surface area (Å²) in [5.74, 6) is -2.94. The number of rotatable bonds is 4. The first-order chi connectivity index (χ1) is 12.4. The zero-order chi connectivity index (χ0) is 18.8. The lowest BCUT2D eigenvalue weighted by atomic mass is 9.90. The summed E-state index contributed by atoms with van der Waals surface area (Å²) in [6.07, 6.45) is 6.78. The Kier molecular flexibility index (Phi) is 4.88. The van der Waals surface area contributed by atoms with Gasteiger partial charge in [-0.3, -0.25) is 9.59 Å². The Morgan fingerprint density at radius 1 is 1.27 bits per heavy atom. The minimum atomic E-state index is -0.741. The van der Waals surface area contributed by atoms with E-state index in [1.54, 1.807) is 38.4 Å². The fourth-order valence-electron chi connectivity index (χ4n) is 2.84. The van der Waals surface area contributed by atoms with E-state index in [2.05, 4.69) is 16.0 Å². The number of dihydropyridines is 1. The Bertz CT molecular complexity index is 856. The molecule has 0 fully saturated rings. The highest BCUT2D eigenvalue weighted by Crippen LogP contribution is 2.27. The second kappa shape index (κ2) is 7.11. The first-order valence-corrected chi connectivity index (χ1v) is 8.15. The van der Waals surface area contributed by atoms with Gasteiger partial charge in [0.1, 0.15) is 17.7 Å². The van der Waals surface area contributed by atoms with Crippen LogP contribution in [-0.2, 0) is 9.59 Å². The molecule has 0 unspecified atom stereocenters. The standard InChI is InChI=1S/C19H18F2N3O2.2H2/c1-10(15-7-12-9-22-6-5-17(12)24-19(15)26)18(25)23-11(2)14-4-3-13(20)8-16(14)21;;/h3-11,22H,1-2H3,(H,23,25)(H,24,26);2*1H/t10-,11+;;/m1../s1. The molecule has 3 N–H and O–H groups in total. The van der Waals surface area contributed by atoms with Crippen molar-refractivity contribution < 1.29 is 21.2 Å². The molecule has 3 rings (SSSR count). The van der Waals surface area contributed by atoms with Gasteiger partial charge in [-0.15, -0.1) is 0 Å². The molecule has 0 spiro atoms. The lowest BCUT2D eigenvalue weighted by Gasteiger charge is -2.27. The monoisotopic (exact) mass is 362 g/mol. The molecule has 2 aliphatic heterocycles. The molecule has 1 radical (unpaired) electrons. The molecule has 26 heavy (non-hydrogen) atoms. The number of hydrogen-bond acceptors (Lipinski definition) is 3. The van der Waals surface area contributed by atoms with Crippen LogP contribution in [-0.4, -0.2) is 11.8 Å². The van der Waals surface area contributed by atoms with Crippen LogP contribution in [0.4, 0.5) is 8.78 Å². The maximum Gasteiger partial charge on any atom is 0.249 e. The fourth-order valence-corrected chi connectivity index (χ4v) is 2.84. The third-order valence-corrected chi connectivity index (χ3v) is 4.37. The molecule has 7 heteroatoms. The number of carbonyl (C=O) groups is 2. The van der Waals surface area contributed by atoms with Crippen LogP contribution in [0.3, 0.4) is 0 Å². The molecule has 0 aliphatic carbocycles. The molecular formula is C19H22F2N3O2. The Morgan fingerprint density at radius 2 is 2.04 bits per heavy atom. The molecular weight excluding hydrogens is 340 g/mol. The van der Waals surface area contributed by atoms with Crippen molar-refractivity contribution in [2.75, 3.05) is 0 Å². The molecule has 0 saturated carbocycles. The summed E-state index contributed by atoms with van der Waals surface area (Å²) in [4.78, 5) is 24.8. The average molecular weight is 362 g/mol. The third kappa shape index (κ3) is 3.51. The van der Waals surface area contributed by atoms with Gasteiger partial charge < -0.3 is 16.0 Å². The van der Waals surface area contributed by atoms with E-state index in [4.69, 9.17) is 0 Å². The quantitative estimate of drug-likeness (QED) is 0.771. The third-order valence-electron chi connectivity index (χ3n) is 4.37. The van der Waals surface area contributed by atoms with E-state index in [1.807, 2.05) is 0 Å². The van der Waals surface area contributed by atoms with Gasteiger partial charge in [0.15, 0.2) is 0 Å². The van der Waals surface area contributed by atoms with Gasteiger partial charge in [-0.05, 0) is 38.3 Å². The van der Waals surface area contributed by atoms with Crippen molar-refractivity contribution >= 4 is 11.8 Å². The summed E-state index contributed by atoms with van der Waals surface area (Å²) in [6, 6.07) is 3.19. The predicted molar refractivity (Wildman–Crippen MR) is 96.1 cm³/mol. The molecule has 2 amide bonds. The van der Waals surface area contributed by atoms with Gasteiger partial charge in [0.25, 0.3) is 0 Å². The zero-order valence-corrected chi connectivity index (χ0v) is 14.3. The highest BCUT2D eigenvalue weighted by atomic mass is 19.1. The molecule has 1 aromatic carbocycles. The van der Waals surface area contributed by atoms with Gasteiger partial charge >= 0.3 is 0 Å². The van der Waals surface area contributed by atoms with Crippen molar-refractivity contribution in [3.05, 3.63) is 77.1 Å². The minimum Gasteiger partial charge on any atom is -0.367 e. The smallest absolute Gasteiger partial charge is 0.249 e. The number of amides is 2. The van der Waals surface area contributed by atoms with Crippen molar-refractivity contribution in [2.45, 2.75) is 19.9 Å². The van der Waals surface area contributed by atoms with Gasteiger partial charge in [-0.1, -0.05) is 6.07 Å². The molecule has 1 aromatic rings. The van der Waals surface area contributed by atoms with Gasteiger partial charge in [-0.25, -0.2) is 8.78 Å². The second-order valence-corrected chi connectivity index (χ2v) is 6.18. The number of benzene rings is 1. The summed E-state index contributed by atoms with van der Waals surface area (Å²) >= 11 is 0. The van der Waals surface area contributed by atoms with Crippen LogP contribution in [0.5, 0.6) is 0 Å². The van der Waals surface area contributed by atoms with E-state index in [0.29, 0.717) is 11.6 Å². The van der Waals surface area contributed by atoms with E-state index >= 15 is 0 Å². The molecule has 0 bridgehead atoms. The van der Waals surface area contributed by atoms with Crippen LogP contribution >= 0.6 is 0 Å². The van der Waals surface area contributed by atoms with Crippen molar-refractivity contribution in [1.29, 1.82) is 0 Å². The van der Waals surface area contributed by atoms with Crippen LogP contribution < -0.4 is 16.0 Å². The van der Waals surface area contributed by atoms with Gasteiger partial charge in [0.2, 0.25) is 11.8 Å². The summed E-state index contributed by atoms with van der Waals surface area (Å²) < 4.78 is 26.9. The number of carbonyl (C=O) groups excluding carboxylic acids is 2. The first-order valence-electron chi connectivity index (χ1n) is 8.15. The Labute approximate surface area is 152 Å². The Hall–Kier alpha value is -2.96. The second-order valence-electron chi connectivity index (χ2n) is 6.18.